The Labute approximate surface area is 124 Å². The van der Waals surface area contributed by atoms with E-state index in [2.05, 4.69) is 36.5 Å². The first kappa shape index (κ1) is 13.8. The average molecular weight is 285 g/mol. The summed E-state index contributed by atoms with van der Waals surface area (Å²) in [5.74, 6) is -0.201. The van der Waals surface area contributed by atoms with E-state index in [1.54, 1.807) is 0 Å². The van der Waals surface area contributed by atoms with Crippen LogP contribution in [0.2, 0.25) is 0 Å². The van der Waals surface area contributed by atoms with E-state index in [-0.39, 0.29) is 17.2 Å². The molecule has 110 valence electrons. The number of hydrogen-bond donors (Lipinski definition) is 1. The molecule has 21 heavy (non-hydrogen) atoms. The minimum absolute atomic E-state index is 0.0717. The first-order valence-corrected chi connectivity index (χ1v) is 7.20. The minimum atomic E-state index is -0.129. The second-order valence-electron chi connectivity index (χ2n) is 6.30. The van der Waals surface area contributed by atoms with Gasteiger partial charge < -0.3 is 4.90 Å². The third-order valence-corrected chi connectivity index (χ3v) is 4.13. The Morgan fingerprint density at radius 3 is 2.76 bits per heavy atom. The summed E-state index contributed by atoms with van der Waals surface area (Å²) in [7, 11) is 0. The van der Waals surface area contributed by atoms with Crippen LogP contribution in [-0.2, 0) is 21.5 Å². The van der Waals surface area contributed by atoms with Crippen molar-refractivity contribution in [2.75, 3.05) is 6.54 Å². The van der Waals surface area contributed by atoms with Crippen molar-refractivity contribution >= 4 is 17.5 Å². The summed E-state index contributed by atoms with van der Waals surface area (Å²) in [6.45, 7) is 5.56. The molecule has 0 bridgehead atoms. The molecule has 5 heteroatoms. The van der Waals surface area contributed by atoms with Crippen molar-refractivity contribution < 1.29 is 9.59 Å². The summed E-state index contributed by atoms with van der Waals surface area (Å²) in [4.78, 5) is 25.6. The van der Waals surface area contributed by atoms with E-state index in [1.165, 1.54) is 11.1 Å². The van der Waals surface area contributed by atoms with Gasteiger partial charge in [-0.3, -0.25) is 9.59 Å². The van der Waals surface area contributed by atoms with Crippen molar-refractivity contribution in [2.45, 2.75) is 38.6 Å². The highest BCUT2D eigenvalue weighted by molar-refractivity contribution is 6.39. The molecule has 2 aliphatic heterocycles. The van der Waals surface area contributed by atoms with Crippen molar-refractivity contribution in [2.24, 2.45) is 5.10 Å². The van der Waals surface area contributed by atoms with E-state index in [4.69, 9.17) is 0 Å². The van der Waals surface area contributed by atoms with Crippen LogP contribution in [0.5, 0.6) is 0 Å². The molecule has 2 amide bonds. The van der Waals surface area contributed by atoms with Gasteiger partial charge in [-0.1, -0.05) is 38.1 Å². The molecular formula is C16H19N3O2. The molecule has 1 aromatic rings. The summed E-state index contributed by atoms with van der Waals surface area (Å²) in [6.07, 6.45) is 0.752. The molecule has 0 unspecified atom stereocenters. The number of hydrazone groups is 1. The Balaban J connectivity index is 1.85. The third-order valence-electron chi connectivity index (χ3n) is 4.13. The predicted octanol–water partition coefficient (Wildman–Crippen LogP) is 1.57. The first-order chi connectivity index (χ1) is 9.97. The lowest BCUT2D eigenvalue weighted by molar-refractivity contribution is -0.126. The van der Waals surface area contributed by atoms with Crippen molar-refractivity contribution in [1.29, 1.82) is 0 Å². The SMILES string of the molecule is CC1(C)CN(C(=O)C2=NNC(=O)CC2)Cc2ccccc21. The maximum absolute atomic E-state index is 12.6. The number of nitrogens with zero attached hydrogens (tertiary/aromatic N) is 2. The third kappa shape index (κ3) is 2.55. The maximum Gasteiger partial charge on any atom is 0.270 e. The summed E-state index contributed by atoms with van der Waals surface area (Å²) in [5, 5.41) is 3.92. The highest BCUT2D eigenvalue weighted by Gasteiger charge is 2.35. The number of hydrogen-bond acceptors (Lipinski definition) is 3. The standard InChI is InChI=1S/C16H19N3O2/c1-16(2)10-19(9-11-5-3-4-6-12(11)16)15(21)13-7-8-14(20)18-17-13/h3-6H,7-10H2,1-2H3,(H,18,20). The molecule has 0 aromatic heterocycles. The van der Waals surface area contributed by atoms with Gasteiger partial charge in [-0.05, 0) is 11.1 Å². The van der Waals surface area contributed by atoms with E-state index in [0.29, 0.717) is 31.6 Å². The highest BCUT2D eigenvalue weighted by atomic mass is 16.2. The number of fused-ring (bicyclic) bond motifs is 1. The Kier molecular flexibility index (Phi) is 3.27. The lowest BCUT2D eigenvalue weighted by Gasteiger charge is -2.40. The molecule has 0 radical (unpaired) electrons. The molecule has 0 atom stereocenters. The van der Waals surface area contributed by atoms with Crippen LogP contribution >= 0.6 is 0 Å². The predicted molar refractivity (Wildman–Crippen MR) is 79.7 cm³/mol. The van der Waals surface area contributed by atoms with Gasteiger partial charge in [0.2, 0.25) is 5.91 Å². The zero-order chi connectivity index (χ0) is 15.0. The molecule has 1 aromatic carbocycles. The largest absolute Gasteiger partial charge is 0.332 e. The van der Waals surface area contributed by atoms with Crippen LogP contribution in [0.25, 0.3) is 0 Å². The number of amides is 2. The fourth-order valence-corrected chi connectivity index (χ4v) is 3.10. The van der Waals surface area contributed by atoms with E-state index < -0.39 is 0 Å². The molecular weight excluding hydrogens is 266 g/mol. The Morgan fingerprint density at radius 2 is 2.05 bits per heavy atom. The Hall–Kier alpha value is -2.17. The zero-order valence-corrected chi connectivity index (χ0v) is 12.3. The van der Waals surface area contributed by atoms with Crippen molar-refractivity contribution in [3.63, 3.8) is 0 Å². The molecule has 0 saturated heterocycles. The lowest BCUT2D eigenvalue weighted by atomic mass is 9.78. The van der Waals surface area contributed by atoms with Gasteiger partial charge in [0, 0.05) is 31.3 Å². The smallest absolute Gasteiger partial charge is 0.270 e. The van der Waals surface area contributed by atoms with Gasteiger partial charge in [0.15, 0.2) is 0 Å². The van der Waals surface area contributed by atoms with Gasteiger partial charge >= 0.3 is 0 Å². The minimum Gasteiger partial charge on any atom is -0.332 e. The highest BCUT2D eigenvalue weighted by Crippen LogP contribution is 2.33. The van der Waals surface area contributed by atoms with Crippen molar-refractivity contribution in [1.82, 2.24) is 10.3 Å². The number of rotatable bonds is 1. The molecule has 0 aliphatic carbocycles. The van der Waals surface area contributed by atoms with Gasteiger partial charge in [-0.25, -0.2) is 5.43 Å². The summed E-state index contributed by atoms with van der Waals surface area (Å²) in [6, 6.07) is 8.25. The van der Waals surface area contributed by atoms with Crippen LogP contribution in [-0.4, -0.2) is 29.0 Å². The van der Waals surface area contributed by atoms with Crippen LogP contribution in [0.1, 0.15) is 37.8 Å². The van der Waals surface area contributed by atoms with E-state index >= 15 is 0 Å². The maximum atomic E-state index is 12.6. The molecule has 0 fully saturated rings. The number of benzene rings is 1. The molecule has 2 heterocycles. The monoisotopic (exact) mass is 285 g/mol. The Morgan fingerprint density at radius 1 is 1.29 bits per heavy atom. The second kappa shape index (κ2) is 4.98. The van der Waals surface area contributed by atoms with Crippen LogP contribution in [0.3, 0.4) is 0 Å². The molecule has 3 rings (SSSR count). The van der Waals surface area contributed by atoms with E-state index in [9.17, 15) is 9.59 Å². The van der Waals surface area contributed by atoms with Gasteiger partial charge in [-0.15, -0.1) is 0 Å². The van der Waals surface area contributed by atoms with Crippen LogP contribution in [0, 0.1) is 0 Å². The van der Waals surface area contributed by atoms with E-state index in [1.807, 2.05) is 17.0 Å². The number of carbonyl (C=O) groups excluding carboxylic acids is 2. The first-order valence-electron chi connectivity index (χ1n) is 7.20. The topological polar surface area (TPSA) is 61.8 Å². The fourth-order valence-electron chi connectivity index (χ4n) is 3.10. The van der Waals surface area contributed by atoms with Gasteiger partial charge in [0.25, 0.3) is 5.91 Å². The Bertz CT molecular complexity index is 634. The summed E-state index contributed by atoms with van der Waals surface area (Å²) < 4.78 is 0. The zero-order valence-electron chi connectivity index (χ0n) is 12.3. The van der Waals surface area contributed by atoms with Gasteiger partial charge in [0.05, 0.1) is 0 Å². The van der Waals surface area contributed by atoms with Gasteiger partial charge in [0.1, 0.15) is 5.71 Å². The molecule has 0 spiro atoms. The molecule has 2 aliphatic rings. The van der Waals surface area contributed by atoms with Crippen molar-refractivity contribution in [3.8, 4) is 0 Å². The summed E-state index contributed by atoms with van der Waals surface area (Å²) >= 11 is 0. The summed E-state index contributed by atoms with van der Waals surface area (Å²) in [5.41, 5.74) is 5.24. The quantitative estimate of drug-likeness (QED) is 0.851. The van der Waals surface area contributed by atoms with Crippen LogP contribution in [0.15, 0.2) is 29.4 Å². The van der Waals surface area contributed by atoms with Crippen LogP contribution < -0.4 is 5.43 Å². The average Bonchev–Trinajstić information content (AvgIpc) is 2.46. The van der Waals surface area contributed by atoms with E-state index in [0.717, 1.165) is 0 Å². The lowest BCUT2D eigenvalue weighted by Crippen LogP contribution is -2.48. The normalized spacial score (nSPS) is 20.4. The fraction of sp³-hybridized carbons (Fsp3) is 0.438. The molecule has 0 saturated carbocycles. The molecule has 1 N–H and O–H groups in total. The number of nitrogens with one attached hydrogen (secondary N) is 1. The van der Waals surface area contributed by atoms with Crippen LogP contribution in [0.4, 0.5) is 0 Å². The van der Waals surface area contributed by atoms with Gasteiger partial charge in [-0.2, -0.15) is 5.10 Å². The second-order valence-corrected chi connectivity index (χ2v) is 6.30. The molecule has 5 nitrogen and oxygen atoms in total. The van der Waals surface area contributed by atoms with Crippen molar-refractivity contribution in [3.05, 3.63) is 35.4 Å². The number of carbonyl (C=O) groups is 2.